The molecule has 0 saturated heterocycles. The van der Waals surface area contributed by atoms with Crippen LogP contribution in [0.1, 0.15) is 24.8 Å². The first-order valence-electron chi connectivity index (χ1n) is 6.82. The van der Waals surface area contributed by atoms with Crippen LogP contribution in [0.25, 0.3) is 0 Å². The van der Waals surface area contributed by atoms with Crippen LogP contribution >= 0.6 is 8.25 Å². The van der Waals surface area contributed by atoms with Crippen LogP contribution in [0.4, 0.5) is 0 Å². The Kier molecular flexibility index (Phi) is 8.28. The molecule has 0 amide bonds. The molecule has 1 aromatic rings. The van der Waals surface area contributed by atoms with Crippen LogP contribution < -0.4 is 5.73 Å². The van der Waals surface area contributed by atoms with Crippen molar-refractivity contribution >= 4 is 20.2 Å². The van der Waals surface area contributed by atoms with E-state index in [4.69, 9.17) is 15.4 Å². The maximum Gasteiger partial charge on any atom is 0.750 e. The van der Waals surface area contributed by atoms with Gasteiger partial charge in [-0.15, -0.1) is 4.89 Å². The maximum absolute atomic E-state index is 11.6. The van der Waals surface area contributed by atoms with Crippen molar-refractivity contribution in [2.45, 2.75) is 31.7 Å². The number of esters is 1. The number of benzene rings is 1. The molecule has 0 radical (unpaired) electrons. The highest BCUT2D eigenvalue weighted by molar-refractivity contribution is 7.32. The van der Waals surface area contributed by atoms with E-state index in [1.807, 2.05) is 30.3 Å². The van der Waals surface area contributed by atoms with Gasteiger partial charge in [0, 0.05) is 4.57 Å². The lowest BCUT2D eigenvalue weighted by Crippen LogP contribution is -2.33. The zero-order chi connectivity index (χ0) is 16.4. The van der Waals surface area contributed by atoms with Gasteiger partial charge in [0.05, 0.1) is 13.0 Å². The number of rotatable bonds is 9. The minimum Gasteiger partial charge on any atom is -0.465 e. The number of ether oxygens (including phenoxy) is 1. The van der Waals surface area contributed by atoms with Crippen molar-refractivity contribution in [3.05, 3.63) is 35.9 Å². The van der Waals surface area contributed by atoms with E-state index in [0.29, 0.717) is 6.42 Å². The Balaban J connectivity index is 2.16. The topological polar surface area (TPSA) is 116 Å². The van der Waals surface area contributed by atoms with Gasteiger partial charge < -0.3 is 10.5 Å². The molecule has 1 rings (SSSR count). The Hall–Kier alpha value is -1.82. The minimum atomic E-state index is -2.98. The summed E-state index contributed by atoms with van der Waals surface area (Å²) < 4.78 is 19.3. The van der Waals surface area contributed by atoms with E-state index in [2.05, 4.69) is 4.52 Å². The van der Waals surface area contributed by atoms with Gasteiger partial charge in [-0.1, -0.05) is 30.3 Å². The van der Waals surface area contributed by atoms with Crippen LogP contribution in [0, 0.1) is 0 Å². The van der Waals surface area contributed by atoms with E-state index in [0.717, 1.165) is 12.0 Å². The van der Waals surface area contributed by atoms with Crippen molar-refractivity contribution in [1.82, 2.24) is 0 Å². The Bertz CT molecular complexity index is 507. The van der Waals surface area contributed by atoms with Gasteiger partial charge in [-0.3, -0.25) is 4.79 Å². The van der Waals surface area contributed by atoms with Crippen molar-refractivity contribution in [2.24, 2.45) is 5.73 Å². The molecule has 0 aliphatic carbocycles. The number of nitrogens with two attached hydrogens (primary N) is 1. The van der Waals surface area contributed by atoms with Crippen molar-refractivity contribution in [3.63, 3.8) is 0 Å². The average molecular weight is 328 g/mol. The zero-order valence-electron chi connectivity index (χ0n) is 12.0. The summed E-state index contributed by atoms with van der Waals surface area (Å²) >= 11 is 0. The molecule has 0 aromatic heterocycles. The maximum atomic E-state index is 11.6. The molecule has 3 N–H and O–H groups in total. The van der Waals surface area contributed by atoms with E-state index in [-0.39, 0.29) is 19.4 Å². The Labute approximate surface area is 129 Å². The molecule has 2 atom stereocenters. The predicted molar refractivity (Wildman–Crippen MR) is 78.8 cm³/mol. The normalized spacial score (nSPS) is 12.4. The second kappa shape index (κ2) is 10.00. The summed E-state index contributed by atoms with van der Waals surface area (Å²) in [6.07, 6.45) is 1.25. The molecule has 0 saturated carbocycles. The smallest absolute Gasteiger partial charge is 0.465 e. The largest absolute Gasteiger partial charge is 0.750 e. The molecule has 0 aliphatic rings. The average Bonchev–Trinajstić information content (AvgIpc) is 2.49. The number of carbonyl (C=O) groups excluding carboxylic acids is 2. The Morgan fingerprint density at radius 1 is 1.27 bits per heavy atom. The van der Waals surface area contributed by atoms with Crippen molar-refractivity contribution < 1.29 is 28.3 Å². The number of aryl methyl sites for hydroxylation is 1. The molecule has 120 valence electrons. The zero-order valence-corrected chi connectivity index (χ0v) is 12.9. The lowest BCUT2D eigenvalue weighted by atomic mass is 10.1. The van der Waals surface area contributed by atoms with E-state index in [1.54, 1.807) is 0 Å². The van der Waals surface area contributed by atoms with Crippen LogP contribution in [-0.2, 0) is 29.8 Å². The van der Waals surface area contributed by atoms with Crippen LogP contribution in [0.15, 0.2) is 30.3 Å². The van der Waals surface area contributed by atoms with Gasteiger partial charge in [0.2, 0.25) is 0 Å². The van der Waals surface area contributed by atoms with E-state index in [1.165, 1.54) is 0 Å². The fourth-order valence-corrected chi connectivity index (χ4v) is 1.99. The third-order valence-electron chi connectivity index (χ3n) is 2.84. The Morgan fingerprint density at radius 3 is 2.59 bits per heavy atom. The van der Waals surface area contributed by atoms with E-state index >= 15 is 0 Å². The molecule has 1 aromatic carbocycles. The van der Waals surface area contributed by atoms with Crippen molar-refractivity contribution in [3.8, 4) is 0 Å². The quantitative estimate of drug-likeness (QED) is 0.400. The number of hydrogen-bond donors (Lipinski definition) is 2. The first-order valence-corrected chi connectivity index (χ1v) is 7.95. The first-order chi connectivity index (χ1) is 10.5. The van der Waals surface area contributed by atoms with Gasteiger partial charge in [0.15, 0.2) is 0 Å². The highest BCUT2D eigenvalue weighted by atomic mass is 31.1. The fraction of sp³-hybridized carbons (Fsp3) is 0.429. The molecular formula is C14H19NO6P+. The lowest BCUT2D eigenvalue weighted by molar-refractivity contribution is -0.145. The van der Waals surface area contributed by atoms with Crippen LogP contribution in [-0.4, -0.2) is 29.5 Å². The summed E-state index contributed by atoms with van der Waals surface area (Å²) in [5, 5.41) is 0. The monoisotopic (exact) mass is 328 g/mol. The standard InChI is InChI=1S/C14H18NO6P/c15-12(8-9-13(16)21-22(18)19)14(17)20-10-4-7-11-5-2-1-3-6-11/h1-3,5-6,12H,4,7-10,15H2/p+1/t12-/m0/s1. The summed E-state index contributed by atoms with van der Waals surface area (Å²) in [4.78, 5) is 31.0. The predicted octanol–water partition coefficient (Wildman–Crippen LogP) is 1.46. The second-order valence-electron chi connectivity index (χ2n) is 4.60. The third-order valence-corrected chi connectivity index (χ3v) is 3.20. The molecule has 0 bridgehead atoms. The second-order valence-corrected chi connectivity index (χ2v) is 5.26. The summed E-state index contributed by atoms with van der Waals surface area (Å²) in [5.74, 6) is -1.48. The van der Waals surface area contributed by atoms with Gasteiger partial charge in [0.1, 0.15) is 6.04 Å². The van der Waals surface area contributed by atoms with Gasteiger partial charge in [-0.25, -0.2) is 4.79 Å². The SMILES string of the molecule is N[C@@H](CCC(=O)O[P+](=O)O)C(=O)OCCCc1ccccc1. The van der Waals surface area contributed by atoms with Gasteiger partial charge in [0.25, 0.3) is 0 Å². The minimum absolute atomic E-state index is 0.000471. The molecule has 0 aliphatic heterocycles. The Morgan fingerprint density at radius 2 is 1.95 bits per heavy atom. The van der Waals surface area contributed by atoms with Crippen LogP contribution in [0.3, 0.4) is 0 Å². The number of carbonyl (C=O) groups is 2. The third kappa shape index (κ3) is 7.83. The lowest BCUT2D eigenvalue weighted by Gasteiger charge is -2.10. The van der Waals surface area contributed by atoms with Gasteiger partial charge in [-0.2, -0.15) is 4.52 Å². The fourth-order valence-electron chi connectivity index (χ4n) is 1.72. The van der Waals surface area contributed by atoms with Gasteiger partial charge >= 0.3 is 20.2 Å². The molecule has 22 heavy (non-hydrogen) atoms. The van der Waals surface area contributed by atoms with Crippen LogP contribution in [0.2, 0.25) is 0 Å². The molecule has 0 heterocycles. The van der Waals surface area contributed by atoms with E-state index in [9.17, 15) is 14.2 Å². The molecule has 0 spiro atoms. The summed E-state index contributed by atoms with van der Waals surface area (Å²) in [6.45, 7) is 0.244. The molecule has 8 heteroatoms. The summed E-state index contributed by atoms with van der Waals surface area (Å²) in [5.41, 5.74) is 6.73. The summed E-state index contributed by atoms with van der Waals surface area (Å²) in [7, 11) is -2.98. The van der Waals surface area contributed by atoms with Gasteiger partial charge in [-0.05, 0) is 24.8 Å². The molecule has 1 unspecified atom stereocenters. The van der Waals surface area contributed by atoms with Crippen molar-refractivity contribution in [1.29, 1.82) is 0 Å². The summed E-state index contributed by atoms with van der Waals surface area (Å²) in [6, 6.07) is 8.84. The number of hydrogen-bond acceptors (Lipinski definition) is 6. The van der Waals surface area contributed by atoms with E-state index < -0.39 is 26.2 Å². The molecule has 7 nitrogen and oxygen atoms in total. The molecule has 0 fully saturated rings. The van der Waals surface area contributed by atoms with Crippen LogP contribution in [0.5, 0.6) is 0 Å². The highest BCUT2D eigenvalue weighted by Gasteiger charge is 2.23. The molecular weight excluding hydrogens is 309 g/mol. The van der Waals surface area contributed by atoms with Crippen molar-refractivity contribution in [2.75, 3.05) is 6.61 Å². The highest BCUT2D eigenvalue weighted by Crippen LogP contribution is 2.16. The first kappa shape index (κ1) is 18.2.